The molecule has 0 bridgehead atoms. The zero-order valence-corrected chi connectivity index (χ0v) is 34.9. The number of aromatic nitrogens is 4. The minimum absolute atomic E-state index is 0.0583. The Hall–Kier alpha value is -4.53. The van der Waals surface area contributed by atoms with Crippen LogP contribution in [0.4, 0.5) is 5.82 Å². The number of aliphatic hydroxyl groups is 1. The number of amides is 3. The van der Waals surface area contributed by atoms with Crippen LogP contribution in [0.3, 0.4) is 0 Å². The molecular weight excluding hydrogens is 739 g/mol. The van der Waals surface area contributed by atoms with Crippen LogP contribution in [0.2, 0.25) is 0 Å². The predicted octanol–water partition coefficient (Wildman–Crippen LogP) is 6.28. The summed E-state index contributed by atoms with van der Waals surface area (Å²) in [6, 6.07) is 11.0. The quantitative estimate of drug-likeness (QED) is 0.0901. The van der Waals surface area contributed by atoms with Crippen molar-refractivity contribution in [1.29, 1.82) is 0 Å². The number of likely N-dealkylation sites (tertiary alicyclic amines) is 1. The summed E-state index contributed by atoms with van der Waals surface area (Å²) >= 11 is 1.60. The molecule has 4 N–H and O–H groups in total. The Labute approximate surface area is 340 Å². The van der Waals surface area contributed by atoms with Crippen molar-refractivity contribution in [2.75, 3.05) is 18.4 Å². The molecule has 3 aromatic heterocycles. The van der Waals surface area contributed by atoms with Crippen LogP contribution < -0.4 is 16.0 Å². The molecule has 1 aliphatic carbocycles. The van der Waals surface area contributed by atoms with E-state index in [2.05, 4.69) is 49.0 Å². The van der Waals surface area contributed by atoms with Crippen molar-refractivity contribution in [3.05, 3.63) is 65.1 Å². The third kappa shape index (κ3) is 11.1. The number of carbonyl (C=O) groups excluding carboxylic acids is 3. The third-order valence-corrected chi connectivity index (χ3v) is 11.9. The van der Waals surface area contributed by atoms with E-state index in [1.54, 1.807) is 22.4 Å². The highest BCUT2D eigenvalue weighted by molar-refractivity contribution is 7.13. The number of β-amino-alcohol motifs (C(OH)–C–C–N with tert-alkyl or cyclic N) is 1. The number of unbranched alkanes of at least 4 members (excludes halogenated alkanes) is 3. The van der Waals surface area contributed by atoms with Crippen LogP contribution >= 0.6 is 11.3 Å². The Morgan fingerprint density at radius 1 is 1.09 bits per heavy atom. The molecule has 6 rings (SSSR count). The molecule has 3 amide bonds. The second-order valence-electron chi connectivity index (χ2n) is 16.6. The van der Waals surface area contributed by atoms with Gasteiger partial charge in [-0.25, -0.2) is 15.0 Å². The van der Waals surface area contributed by atoms with Gasteiger partial charge >= 0.3 is 0 Å². The molecule has 57 heavy (non-hydrogen) atoms. The maximum atomic E-state index is 14.0. The van der Waals surface area contributed by atoms with E-state index in [1.807, 2.05) is 68.1 Å². The topological polar surface area (TPSA) is 166 Å². The van der Waals surface area contributed by atoms with E-state index in [9.17, 15) is 19.5 Å². The first kappa shape index (κ1) is 42.1. The lowest BCUT2D eigenvalue weighted by Gasteiger charge is -2.35. The maximum Gasteiger partial charge on any atom is 0.245 e. The van der Waals surface area contributed by atoms with Crippen molar-refractivity contribution >= 4 is 46.2 Å². The van der Waals surface area contributed by atoms with Gasteiger partial charge in [-0.1, -0.05) is 71.2 Å². The van der Waals surface area contributed by atoms with Gasteiger partial charge in [0.15, 0.2) is 5.65 Å². The van der Waals surface area contributed by atoms with Gasteiger partial charge < -0.3 is 26.0 Å². The highest BCUT2D eigenvalue weighted by Crippen LogP contribution is 2.29. The molecule has 0 unspecified atom stereocenters. The molecule has 14 heteroatoms. The maximum absolute atomic E-state index is 14.0. The second kappa shape index (κ2) is 19.3. The monoisotopic (exact) mass is 797 g/mol. The molecule has 1 aromatic carbocycles. The summed E-state index contributed by atoms with van der Waals surface area (Å²) < 4.78 is 1.83. The number of nitrogens with one attached hydrogen (secondary N) is 3. The van der Waals surface area contributed by atoms with Crippen molar-refractivity contribution in [2.24, 2.45) is 10.4 Å². The smallest absolute Gasteiger partial charge is 0.245 e. The molecule has 2 fully saturated rings. The summed E-state index contributed by atoms with van der Waals surface area (Å²) in [6.45, 7) is 11.3. The average Bonchev–Trinajstić information content (AvgIpc) is 4.00. The molecule has 306 valence electrons. The van der Waals surface area contributed by atoms with E-state index in [0.717, 1.165) is 102 Å². The Balaban J connectivity index is 0.909. The standard InChI is InChI=1S/C43H59N9O4S/c1-6-11-31-23-37(52-36(48-31)19-21-47-52)49-32-17-18-33(22-32)50-38(54)12-9-7-8-10-20-44-40(43(3,4)5)42(56)51-26-34(53)24-35(51)41(55)45-25-29-13-15-30(16-14-29)39-28(2)46-27-57-39/h13-16,19,21,23,27,32,34-35,40,44,49,53H,6-12,17-18,20,22,24-26H2,1-5H3,(H,45,55)/t32-,34-,35+,40-/m1/s1. The van der Waals surface area contributed by atoms with Crippen LogP contribution in [0.25, 0.3) is 16.1 Å². The van der Waals surface area contributed by atoms with E-state index in [-0.39, 0.29) is 36.7 Å². The second-order valence-corrected chi connectivity index (χ2v) is 17.5. The Morgan fingerprint density at radius 3 is 2.61 bits per heavy atom. The molecule has 1 aliphatic heterocycles. The van der Waals surface area contributed by atoms with Crippen LogP contribution in [0, 0.1) is 12.3 Å². The SMILES string of the molecule is CCCc1cc(N[C@@H]2CCC(=NC(=O)CCCCCCN[C@H](C(=O)N3C[C@H](O)C[C@H]3C(=O)NCc3ccc(-c4scnc4C)cc3)C(C)(C)C)C2)n2nccc2n1. The van der Waals surface area contributed by atoms with E-state index < -0.39 is 23.6 Å². The fraction of sp³-hybridized carbons (Fsp3) is 0.558. The van der Waals surface area contributed by atoms with Gasteiger partial charge in [-0.2, -0.15) is 9.61 Å². The molecule has 1 saturated heterocycles. The molecule has 4 heterocycles. The molecular formula is C43H59N9O4S. The van der Waals surface area contributed by atoms with Gasteiger partial charge in [0, 0.05) is 61.9 Å². The molecule has 0 radical (unpaired) electrons. The minimum Gasteiger partial charge on any atom is -0.391 e. The Bertz CT molecular complexity index is 2020. The van der Waals surface area contributed by atoms with Crippen molar-refractivity contribution in [3.63, 3.8) is 0 Å². The summed E-state index contributed by atoms with van der Waals surface area (Å²) in [4.78, 5) is 56.3. The van der Waals surface area contributed by atoms with E-state index >= 15 is 0 Å². The number of hydrogen-bond acceptors (Lipinski definition) is 10. The summed E-state index contributed by atoms with van der Waals surface area (Å²) in [5.74, 6) is 0.435. The van der Waals surface area contributed by atoms with Gasteiger partial charge in [-0.3, -0.25) is 14.4 Å². The Morgan fingerprint density at radius 2 is 1.88 bits per heavy atom. The summed E-state index contributed by atoms with van der Waals surface area (Å²) in [5, 5.41) is 25.1. The van der Waals surface area contributed by atoms with Crippen molar-refractivity contribution in [2.45, 2.75) is 136 Å². The number of aliphatic hydroxyl groups excluding tert-OH is 1. The average molecular weight is 798 g/mol. The predicted molar refractivity (Wildman–Crippen MR) is 225 cm³/mol. The Kier molecular flexibility index (Phi) is 14.2. The van der Waals surface area contributed by atoms with Gasteiger partial charge in [0.1, 0.15) is 11.9 Å². The zero-order chi connectivity index (χ0) is 40.5. The number of nitrogens with zero attached hydrogens (tertiary/aromatic N) is 6. The van der Waals surface area contributed by atoms with Crippen molar-refractivity contribution < 1.29 is 19.5 Å². The zero-order valence-electron chi connectivity index (χ0n) is 34.1. The molecule has 4 atom stereocenters. The molecule has 13 nitrogen and oxygen atoms in total. The number of hydrogen-bond donors (Lipinski definition) is 4. The minimum atomic E-state index is -0.758. The van der Waals surface area contributed by atoms with Crippen molar-refractivity contribution in [3.8, 4) is 10.4 Å². The van der Waals surface area contributed by atoms with Crippen LogP contribution in [0.1, 0.15) is 109 Å². The lowest BCUT2D eigenvalue weighted by Crippen LogP contribution is -2.56. The number of anilines is 1. The fourth-order valence-corrected chi connectivity index (χ4v) is 8.66. The molecule has 2 aliphatic rings. The highest BCUT2D eigenvalue weighted by atomic mass is 32.1. The van der Waals surface area contributed by atoms with Gasteiger partial charge in [0.05, 0.1) is 34.4 Å². The number of thiazole rings is 1. The van der Waals surface area contributed by atoms with E-state index in [1.165, 1.54) is 0 Å². The number of carbonyl (C=O) groups is 3. The molecule has 0 spiro atoms. The van der Waals surface area contributed by atoms with Gasteiger partial charge in [0.2, 0.25) is 17.7 Å². The molecule has 1 saturated carbocycles. The van der Waals surface area contributed by atoms with Crippen LogP contribution in [-0.2, 0) is 27.3 Å². The lowest BCUT2D eigenvalue weighted by molar-refractivity contribution is -0.142. The van der Waals surface area contributed by atoms with Crippen LogP contribution in [0.15, 0.2) is 53.1 Å². The van der Waals surface area contributed by atoms with Crippen LogP contribution in [0.5, 0.6) is 0 Å². The molecule has 4 aromatic rings. The number of aliphatic imine (C=N–C) groups is 1. The van der Waals surface area contributed by atoms with Crippen LogP contribution in [-0.4, -0.2) is 90.3 Å². The highest BCUT2D eigenvalue weighted by Gasteiger charge is 2.43. The number of fused-ring (bicyclic) bond motifs is 1. The van der Waals surface area contributed by atoms with Crippen molar-refractivity contribution in [1.82, 2.24) is 35.1 Å². The largest absolute Gasteiger partial charge is 0.391 e. The summed E-state index contributed by atoms with van der Waals surface area (Å²) in [5.41, 5.74) is 7.29. The number of benzene rings is 1. The van der Waals surface area contributed by atoms with Gasteiger partial charge in [-0.05, 0) is 62.1 Å². The summed E-state index contributed by atoms with van der Waals surface area (Å²) in [6.07, 6.45) is 9.47. The first-order valence-electron chi connectivity index (χ1n) is 20.6. The van der Waals surface area contributed by atoms with Gasteiger partial charge in [-0.15, -0.1) is 11.3 Å². The first-order chi connectivity index (χ1) is 27.4. The number of rotatable bonds is 17. The first-order valence-corrected chi connectivity index (χ1v) is 21.5. The normalized spacial score (nSPS) is 19.7. The van der Waals surface area contributed by atoms with Gasteiger partial charge in [0.25, 0.3) is 0 Å². The van der Waals surface area contributed by atoms with E-state index in [4.69, 9.17) is 0 Å². The number of aryl methyl sites for hydroxylation is 2. The summed E-state index contributed by atoms with van der Waals surface area (Å²) in [7, 11) is 0. The lowest BCUT2D eigenvalue weighted by atomic mass is 9.85. The third-order valence-electron chi connectivity index (χ3n) is 10.9. The fourth-order valence-electron chi connectivity index (χ4n) is 7.84. The van der Waals surface area contributed by atoms with E-state index in [0.29, 0.717) is 19.5 Å².